The van der Waals surface area contributed by atoms with E-state index in [4.69, 9.17) is 4.74 Å². The molecule has 0 amide bonds. The van der Waals surface area contributed by atoms with Gasteiger partial charge in [-0.15, -0.1) is 0 Å². The van der Waals surface area contributed by atoms with Crippen LogP contribution in [0.4, 0.5) is 0 Å². The highest BCUT2D eigenvalue weighted by molar-refractivity contribution is 5.79. The molecule has 0 radical (unpaired) electrons. The number of ether oxygens (including phenoxy) is 1. The third-order valence-corrected chi connectivity index (χ3v) is 3.67. The van der Waals surface area contributed by atoms with Crippen molar-refractivity contribution in [2.75, 3.05) is 46.9 Å². The second-order valence-corrected chi connectivity index (χ2v) is 5.61. The Morgan fingerprint density at radius 1 is 1.25 bits per heavy atom. The van der Waals surface area contributed by atoms with Gasteiger partial charge in [-0.2, -0.15) is 0 Å². The maximum atomic E-state index is 5.11. The molecule has 0 aliphatic carbocycles. The molecule has 5 heteroatoms. The summed E-state index contributed by atoms with van der Waals surface area (Å²) in [7, 11) is 3.53. The van der Waals surface area contributed by atoms with Gasteiger partial charge in [0.05, 0.1) is 6.61 Å². The molecule has 0 aromatic carbocycles. The van der Waals surface area contributed by atoms with Crippen LogP contribution in [0, 0.1) is 0 Å². The summed E-state index contributed by atoms with van der Waals surface area (Å²) < 4.78 is 5.11. The Hall–Kier alpha value is -0.810. The van der Waals surface area contributed by atoms with E-state index in [2.05, 4.69) is 27.4 Å². The Kier molecular flexibility index (Phi) is 9.41. The van der Waals surface area contributed by atoms with E-state index in [0.29, 0.717) is 6.61 Å². The molecule has 2 N–H and O–H groups in total. The minimum atomic E-state index is 0.275. The fourth-order valence-electron chi connectivity index (χ4n) is 2.59. The summed E-state index contributed by atoms with van der Waals surface area (Å²) in [6, 6.07) is 0.275. The molecular formula is C15H32N4O. The number of hydrogen-bond donors (Lipinski definition) is 2. The fourth-order valence-corrected chi connectivity index (χ4v) is 2.59. The van der Waals surface area contributed by atoms with Gasteiger partial charge in [0, 0.05) is 26.7 Å². The lowest BCUT2D eigenvalue weighted by molar-refractivity contribution is 0.179. The van der Waals surface area contributed by atoms with Gasteiger partial charge in [0.15, 0.2) is 5.96 Å². The van der Waals surface area contributed by atoms with Crippen LogP contribution in [0.15, 0.2) is 4.99 Å². The van der Waals surface area contributed by atoms with E-state index < -0.39 is 0 Å². The van der Waals surface area contributed by atoms with Crippen LogP contribution >= 0.6 is 0 Å². The zero-order chi connectivity index (χ0) is 14.6. The molecule has 0 spiro atoms. The maximum Gasteiger partial charge on any atom is 0.191 e. The lowest BCUT2D eigenvalue weighted by atomic mass is 10.2. The molecule has 0 aromatic rings. The molecule has 118 valence electrons. The van der Waals surface area contributed by atoms with Crippen molar-refractivity contribution in [2.45, 2.75) is 45.1 Å². The first kappa shape index (κ1) is 17.2. The second-order valence-electron chi connectivity index (χ2n) is 5.61. The van der Waals surface area contributed by atoms with Crippen LogP contribution in [0.5, 0.6) is 0 Å². The molecule has 1 unspecified atom stereocenters. The van der Waals surface area contributed by atoms with E-state index in [0.717, 1.165) is 12.5 Å². The standard InChI is InChI=1S/C15H32N4O/c1-14(13-20-3)18-15(16-2)17-9-8-12-19-10-6-4-5-7-11-19/h14H,4-13H2,1-3H3,(H2,16,17,18). The highest BCUT2D eigenvalue weighted by Crippen LogP contribution is 2.09. The number of likely N-dealkylation sites (tertiary alicyclic amines) is 1. The van der Waals surface area contributed by atoms with Crippen LogP contribution in [0.3, 0.4) is 0 Å². The summed E-state index contributed by atoms with van der Waals surface area (Å²) >= 11 is 0. The quantitative estimate of drug-likeness (QED) is 0.422. The number of nitrogens with zero attached hydrogens (tertiary/aromatic N) is 2. The van der Waals surface area contributed by atoms with Crippen molar-refractivity contribution < 1.29 is 4.74 Å². The predicted molar refractivity (Wildman–Crippen MR) is 85.4 cm³/mol. The molecule has 0 saturated carbocycles. The minimum Gasteiger partial charge on any atom is -0.383 e. The molecule has 0 aromatic heterocycles. The third kappa shape index (κ3) is 7.70. The van der Waals surface area contributed by atoms with Crippen molar-refractivity contribution in [3.8, 4) is 0 Å². The molecule has 0 bridgehead atoms. The molecule has 5 nitrogen and oxygen atoms in total. The molecule has 1 saturated heterocycles. The molecule has 1 aliphatic rings. The summed E-state index contributed by atoms with van der Waals surface area (Å²) in [5, 5.41) is 6.69. The number of nitrogens with one attached hydrogen (secondary N) is 2. The summed E-state index contributed by atoms with van der Waals surface area (Å²) in [5.41, 5.74) is 0. The van der Waals surface area contributed by atoms with E-state index in [-0.39, 0.29) is 6.04 Å². The summed E-state index contributed by atoms with van der Waals surface area (Å²) in [6.07, 6.45) is 6.71. The van der Waals surface area contributed by atoms with E-state index in [1.54, 1.807) is 7.11 Å². The average Bonchev–Trinajstić information content (AvgIpc) is 2.71. The first-order chi connectivity index (χ1) is 9.76. The number of methoxy groups -OCH3 is 1. The van der Waals surface area contributed by atoms with Crippen molar-refractivity contribution >= 4 is 5.96 Å². The molecule has 1 fully saturated rings. The van der Waals surface area contributed by atoms with Gasteiger partial charge in [0.2, 0.25) is 0 Å². The smallest absolute Gasteiger partial charge is 0.191 e. The van der Waals surface area contributed by atoms with Gasteiger partial charge in [-0.25, -0.2) is 0 Å². The zero-order valence-electron chi connectivity index (χ0n) is 13.5. The van der Waals surface area contributed by atoms with Crippen LogP contribution in [0.25, 0.3) is 0 Å². The van der Waals surface area contributed by atoms with Gasteiger partial charge in [0.1, 0.15) is 0 Å². The number of rotatable bonds is 7. The average molecular weight is 284 g/mol. The third-order valence-electron chi connectivity index (χ3n) is 3.67. The first-order valence-corrected chi connectivity index (χ1v) is 7.94. The van der Waals surface area contributed by atoms with E-state index >= 15 is 0 Å². The van der Waals surface area contributed by atoms with Gasteiger partial charge in [-0.3, -0.25) is 4.99 Å². The van der Waals surface area contributed by atoms with Gasteiger partial charge in [-0.05, 0) is 45.8 Å². The predicted octanol–water partition coefficient (Wildman–Crippen LogP) is 1.45. The number of guanidine groups is 1. The van der Waals surface area contributed by atoms with Gasteiger partial charge < -0.3 is 20.3 Å². The van der Waals surface area contributed by atoms with E-state index in [1.807, 2.05) is 7.05 Å². The van der Waals surface area contributed by atoms with Crippen LogP contribution in [0.2, 0.25) is 0 Å². The Morgan fingerprint density at radius 2 is 1.95 bits per heavy atom. The van der Waals surface area contributed by atoms with Gasteiger partial charge in [0.25, 0.3) is 0 Å². The topological polar surface area (TPSA) is 48.9 Å². The Morgan fingerprint density at radius 3 is 2.55 bits per heavy atom. The Balaban J connectivity index is 2.11. The molecule has 1 atom stereocenters. The molecule has 20 heavy (non-hydrogen) atoms. The normalized spacial score (nSPS) is 19.4. The number of hydrogen-bond acceptors (Lipinski definition) is 3. The summed E-state index contributed by atoms with van der Waals surface area (Å²) in [6.45, 7) is 7.49. The highest BCUT2D eigenvalue weighted by Gasteiger charge is 2.08. The van der Waals surface area contributed by atoms with Crippen molar-refractivity contribution in [1.29, 1.82) is 0 Å². The molecule has 1 heterocycles. The summed E-state index contributed by atoms with van der Waals surface area (Å²) in [5.74, 6) is 0.866. The summed E-state index contributed by atoms with van der Waals surface area (Å²) in [4.78, 5) is 6.83. The molecular weight excluding hydrogens is 252 g/mol. The number of aliphatic imine (C=N–C) groups is 1. The van der Waals surface area contributed by atoms with Gasteiger partial charge >= 0.3 is 0 Å². The zero-order valence-corrected chi connectivity index (χ0v) is 13.5. The van der Waals surface area contributed by atoms with Crippen LogP contribution in [-0.2, 0) is 4.74 Å². The van der Waals surface area contributed by atoms with E-state index in [1.165, 1.54) is 51.7 Å². The monoisotopic (exact) mass is 284 g/mol. The molecule has 1 rings (SSSR count). The Labute approximate surface area is 124 Å². The van der Waals surface area contributed by atoms with Crippen molar-refractivity contribution in [3.63, 3.8) is 0 Å². The van der Waals surface area contributed by atoms with Crippen LogP contribution in [0.1, 0.15) is 39.0 Å². The van der Waals surface area contributed by atoms with Crippen molar-refractivity contribution in [3.05, 3.63) is 0 Å². The minimum absolute atomic E-state index is 0.275. The first-order valence-electron chi connectivity index (χ1n) is 7.94. The largest absolute Gasteiger partial charge is 0.383 e. The highest BCUT2D eigenvalue weighted by atomic mass is 16.5. The van der Waals surface area contributed by atoms with Crippen LogP contribution in [-0.4, -0.2) is 63.8 Å². The van der Waals surface area contributed by atoms with E-state index in [9.17, 15) is 0 Å². The SMILES string of the molecule is CN=C(NCCCN1CCCCCC1)NC(C)COC. The Bertz CT molecular complexity index is 263. The van der Waals surface area contributed by atoms with Crippen LogP contribution < -0.4 is 10.6 Å². The lowest BCUT2D eigenvalue weighted by Gasteiger charge is -2.21. The van der Waals surface area contributed by atoms with Crippen molar-refractivity contribution in [2.24, 2.45) is 4.99 Å². The van der Waals surface area contributed by atoms with Gasteiger partial charge in [-0.1, -0.05) is 12.8 Å². The lowest BCUT2D eigenvalue weighted by Crippen LogP contribution is -2.44. The fraction of sp³-hybridized carbons (Fsp3) is 0.933. The second kappa shape index (κ2) is 10.9. The van der Waals surface area contributed by atoms with Crippen molar-refractivity contribution in [1.82, 2.24) is 15.5 Å². The molecule has 1 aliphatic heterocycles. The maximum absolute atomic E-state index is 5.11.